The van der Waals surface area contributed by atoms with Crippen LogP contribution in [-0.2, 0) is 47.2 Å². The van der Waals surface area contributed by atoms with E-state index in [-0.39, 0.29) is 37.1 Å². The fourth-order valence-electron chi connectivity index (χ4n) is 9.03. The minimum absolute atomic E-state index is 0.0734. The van der Waals surface area contributed by atoms with E-state index in [4.69, 9.17) is 19.9 Å². The number of aryl methyl sites for hydroxylation is 2. The summed E-state index contributed by atoms with van der Waals surface area (Å²) >= 11 is 0. The van der Waals surface area contributed by atoms with Crippen molar-refractivity contribution in [1.29, 1.82) is 0 Å². The van der Waals surface area contributed by atoms with Crippen LogP contribution >= 0.6 is 0 Å². The number of hydrogen-bond acceptors (Lipinski definition) is 9. The van der Waals surface area contributed by atoms with Crippen LogP contribution in [0.5, 0.6) is 0 Å². The number of carbonyl (C=O) groups excluding carboxylic acids is 3. The Kier molecular flexibility index (Phi) is 19.5. The Morgan fingerprint density at radius 1 is 0.627 bits per heavy atom. The van der Waals surface area contributed by atoms with Crippen molar-refractivity contribution in [3.05, 3.63) is 142 Å². The van der Waals surface area contributed by atoms with E-state index in [1.165, 1.54) is 0 Å². The van der Waals surface area contributed by atoms with Gasteiger partial charge in [0.2, 0.25) is 11.8 Å². The van der Waals surface area contributed by atoms with Crippen LogP contribution in [0.15, 0.2) is 97.1 Å². The Bertz CT molecular complexity index is 2530. The molecule has 2 fully saturated rings. The Hall–Kier alpha value is -5.53. The number of halogens is 6. The summed E-state index contributed by atoms with van der Waals surface area (Å²) in [5.74, 6) is -0.552. The largest absolute Gasteiger partial charge is 0.444 e. The fourth-order valence-corrected chi connectivity index (χ4v) is 9.03. The van der Waals surface area contributed by atoms with Crippen LogP contribution in [-0.4, -0.2) is 73.0 Å². The van der Waals surface area contributed by atoms with Crippen molar-refractivity contribution in [3.63, 3.8) is 0 Å². The number of piperidine rings is 2. The van der Waals surface area contributed by atoms with E-state index in [0.29, 0.717) is 61.0 Å². The van der Waals surface area contributed by atoms with Crippen LogP contribution in [0.25, 0.3) is 0 Å². The number of carbonyl (C=O) groups is 3. The number of hydrogen-bond donors (Lipinski definition) is 6. The SMILES string of the molecule is Cc1cc([C@@H](C)OC[C@@]2(c3ccccc3)CC[C@H](NC(=O)C(C)(C)N)CN2)cc(C(F)(F)F)c1.Cc1cc([C@@H](C)OC[C@@]2(c3ccccc3)CC[C@H](NC(=O)C(C)(C)NC(=O)OC(C)(C)C)CN2)cc(C(F)(F)F)c1. The molecule has 0 radical (unpaired) electrons. The summed E-state index contributed by atoms with van der Waals surface area (Å²) in [5, 5.41) is 15.7. The van der Waals surface area contributed by atoms with Gasteiger partial charge in [-0.1, -0.05) is 83.9 Å². The zero-order valence-electron chi connectivity index (χ0n) is 45.0. The summed E-state index contributed by atoms with van der Waals surface area (Å²) in [6, 6.07) is 27.3. The van der Waals surface area contributed by atoms with Crippen molar-refractivity contribution in [1.82, 2.24) is 26.6 Å². The average molecular weight is 1060 g/mol. The van der Waals surface area contributed by atoms with Gasteiger partial charge < -0.3 is 46.5 Å². The van der Waals surface area contributed by atoms with Gasteiger partial charge >= 0.3 is 18.4 Å². The molecule has 6 rings (SSSR count). The zero-order valence-corrected chi connectivity index (χ0v) is 45.0. The van der Waals surface area contributed by atoms with Crippen molar-refractivity contribution < 1.29 is 54.9 Å². The first-order chi connectivity index (χ1) is 34.7. The zero-order chi connectivity index (χ0) is 55.8. The lowest BCUT2D eigenvalue weighted by atomic mass is 9.81. The monoisotopic (exact) mass is 1050 g/mol. The number of benzene rings is 4. The van der Waals surface area contributed by atoms with Crippen LogP contribution in [0.3, 0.4) is 0 Å². The van der Waals surface area contributed by atoms with Gasteiger partial charge in [-0.3, -0.25) is 9.59 Å². The van der Waals surface area contributed by atoms with E-state index in [2.05, 4.69) is 26.6 Å². The number of alkyl halides is 6. The van der Waals surface area contributed by atoms with Crippen molar-refractivity contribution >= 4 is 17.9 Å². The predicted octanol–water partition coefficient (Wildman–Crippen LogP) is 10.8. The number of alkyl carbamates (subject to hydrolysis) is 1. The normalized spacial score (nSPS) is 21.4. The molecule has 75 heavy (non-hydrogen) atoms. The third kappa shape index (κ3) is 17.2. The van der Waals surface area contributed by atoms with E-state index < -0.39 is 69.5 Å². The number of nitrogens with one attached hydrogen (secondary N) is 5. The van der Waals surface area contributed by atoms with Gasteiger partial charge in [0.25, 0.3) is 0 Å². The quantitative estimate of drug-likeness (QED) is 0.0636. The van der Waals surface area contributed by atoms with Crippen LogP contribution in [0, 0.1) is 13.8 Å². The highest BCUT2D eigenvalue weighted by Crippen LogP contribution is 2.38. The average Bonchev–Trinajstić information content (AvgIpc) is 3.32. The maximum Gasteiger partial charge on any atom is 0.416 e. The molecule has 4 aromatic carbocycles. The van der Waals surface area contributed by atoms with E-state index >= 15 is 0 Å². The maximum atomic E-state index is 13.4. The van der Waals surface area contributed by atoms with Gasteiger partial charge in [0.15, 0.2) is 0 Å². The molecule has 412 valence electrons. The molecule has 0 aromatic heterocycles. The van der Waals surface area contributed by atoms with Crippen molar-refractivity contribution in [2.75, 3.05) is 26.3 Å². The number of amides is 3. The lowest BCUT2D eigenvalue weighted by Gasteiger charge is -2.43. The summed E-state index contributed by atoms with van der Waals surface area (Å²) in [6.45, 7) is 20.1. The third-order valence-electron chi connectivity index (χ3n) is 13.5. The van der Waals surface area contributed by atoms with Crippen molar-refractivity contribution in [2.45, 2.75) is 166 Å². The summed E-state index contributed by atoms with van der Waals surface area (Å²) in [4.78, 5) is 37.6. The minimum atomic E-state index is -4.44. The third-order valence-corrected chi connectivity index (χ3v) is 13.5. The molecule has 2 saturated heterocycles. The van der Waals surface area contributed by atoms with Gasteiger partial charge in [0.05, 0.1) is 53.2 Å². The highest BCUT2D eigenvalue weighted by molar-refractivity contribution is 5.89. The molecular weight excluding hydrogens is 979 g/mol. The van der Waals surface area contributed by atoms with Gasteiger partial charge in [-0.05, 0) is 148 Å². The second-order valence-electron chi connectivity index (χ2n) is 22.2. The van der Waals surface area contributed by atoms with Gasteiger partial charge in [-0.15, -0.1) is 0 Å². The second-order valence-corrected chi connectivity index (χ2v) is 22.2. The highest BCUT2D eigenvalue weighted by atomic mass is 19.4. The molecule has 7 N–H and O–H groups in total. The first kappa shape index (κ1) is 60.3. The van der Waals surface area contributed by atoms with Crippen molar-refractivity contribution in [2.24, 2.45) is 5.73 Å². The minimum Gasteiger partial charge on any atom is -0.444 e. The van der Waals surface area contributed by atoms with Crippen molar-refractivity contribution in [3.8, 4) is 0 Å². The second kappa shape index (κ2) is 24.2. The van der Waals surface area contributed by atoms with Crippen LogP contribution in [0.4, 0.5) is 31.1 Å². The standard InChI is InChI=1S/C31H42F3N3O4.C26H34F3N3O2/c1-20-15-22(17-24(16-20)31(32,33)34)21(2)40-19-30(23-11-9-8-10-12-23)14-13-25(18-35-30)36-26(38)29(6,7)37-27(39)41-28(3,4)5;1-17-12-19(14-21(13-17)26(27,28)29)18(2)34-16-25(20-8-6-5-7-9-20)11-10-22(15-31-25)32-23(33)24(3,4)30/h8-12,15-17,21,25,35H,13-14,18-19H2,1-7H3,(H,36,38)(H,37,39);5-9,12-14,18,22,31H,10-11,15-16,30H2,1-4H3,(H,32,33)/t21-,25+,30-;18-,22+,25-/m11/s1. The molecule has 0 saturated carbocycles. The van der Waals surface area contributed by atoms with E-state index in [1.54, 1.807) is 88.3 Å². The molecule has 0 spiro atoms. The lowest BCUT2D eigenvalue weighted by molar-refractivity contribution is -0.138. The van der Waals surface area contributed by atoms with Gasteiger partial charge in [0, 0.05) is 25.2 Å². The number of rotatable bonds is 15. The molecule has 2 aliphatic rings. The molecule has 2 heterocycles. The Morgan fingerprint density at radius 2 is 1.01 bits per heavy atom. The molecule has 18 heteroatoms. The Labute approximate surface area is 438 Å². The smallest absolute Gasteiger partial charge is 0.416 e. The molecule has 0 bridgehead atoms. The number of ether oxygens (including phenoxy) is 3. The van der Waals surface area contributed by atoms with E-state index in [9.17, 15) is 40.7 Å². The van der Waals surface area contributed by atoms with Gasteiger partial charge in [0.1, 0.15) is 11.1 Å². The molecule has 6 atom stereocenters. The molecular formula is C57H76F6N6O6. The summed E-state index contributed by atoms with van der Waals surface area (Å²) in [7, 11) is 0. The fraction of sp³-hybridized carbons (Fsp3) is 0.526. The topological polar surface area (TPSA) is 165 Å². The van der Waals surface area contributed by atoms with Crippen LogP contribution < -0.4 is 32.3 Å². The molecule has 0 aliphatic carbocycles. The maximum absolute atomic E-state index is 13.4. The molecule has 2 aliphatic heterocycles. The molecule has 12 nitrogen and oxygen atoms in total. The predicted molar refractivity (Wildman–Crippen MR) is 277 cm³/mol. The molecule has 3 amide bonds. The number of nitrogens with two attached hydrogens (primary N) is 1. The van der Waals surface area contributed by atoms with E-state index in [1.807, 2.05) is 60.7 Å². The molecule has 0 unspecified atom stereocenters. The van der Waals surface area contributed by atoms with Crippen LogP contribution in [0.2, 0.25) is 0 Å². The first-order valence-electron chi connectivity index (χ1n) is 25.3. The van der Waals surface area contributed by atoms with E-state index in [0.717, 1.165) is 35.4 Å². The summed E-state index contributed by atoms with van der Waals surface area (Å²) < 4.78 is 97.7. The summed E-state index contributed by atoms with van der Waals surface area (Å²) in [6.07, 6.45) is -8.00. The Balaban J connectivity index is 0.000000282. The van der Waals surface area contributed by atoms with Gasteiger partial charge in [-0.25, -0.2) is 4.79 Å². The van der Waals surface area contributed by atoms with Gasteiger partial charge in [-0.2, -0.15) is 26.3 Å². The first-order valence-corrected chi connectivity index (χ1v) is 25.3. The molecule has 4 aromatic rings. The Morgan fingerprint density at radius 3 is 1.35 bits per heavy atom. The lowest BCUT2D eigenvalue weighted by Crippen LogP contribution is -2.61. The highest BCUT2D eigenvalue weighted by Gasteiger charge is 2.42. The summed E-state index contributed by atoms with van der Waals surface area (Å²) in [5.41, 5.74) is 4.59. The van der Waals surface area contributed by atoms with Crippen LogP contribution in [0.1, 0.15) is 145 Å².